The number of benzene rings is 1. The fraction of sp³-hybridized carbons (Fsp3) is 0.562. The van der Waals surface area contributed by atoms with Crippen molar-refractivity contribution in [3.8, 4) is 0 Å². The quantitative estimate of drug-likeness (QED) is 0.597. The first-order chi connectivity index (χ1) is 9.45. The molecule has 0 heterocycles. The van der Waals surface area contributed by atoms with E-state index in [9.17, 15) is 4.79 Å². The summed E-state index contributed by atoms with van der Waals surface area (Å²) in [5.74, 6) is -0.114. The number of carbonyl (C=O) groups excluding carboxylic acids is 1. The molecule has 0 bridgehead atoms. The summed E-state index contributed by atoms with van der Waals surface area (Å²) in [6.45, 7) is 6.43. The molecule has 20 heavy (non-hydrogen) atoms. The number of rotatable bonds is 7. The van der Waals surface area contributed by atoms with Crippen LogP contribution in [0.15, 0.2) is 16.6 Å². The van der Waals surface area contributed by atoms with Gasteiger partial charge in [0.25, 0.3) is 0 Å². The molecule has 0 saturated carbocycles. The van der Waals surface area contributed by atoms with E-state index in [1.807, 2.05) is 6.92 Å². The Morgan fingerprint density at radius 3 is 2.65 bits per heavy atom. The van der Waals surface area contributed by atoms with Crippen LogP contribution >= 0.6 is 15.9 Å². The van der Waals surface area contributed by atoms with Gasteiger partial charge in [-0.15, -0.1) is 0 Å². The minimum atomic E-state index is -0.114. The predicted molar refractivity (Wildman–Crippen MR) is 85.6 cm³/mol. The van der Waals surface area contributed by atoms with Crippen LogP contribution in [0.5, 0.6) is 0 Å². The fourth-order valence-corrected chi connectivity index (χ4v) is 2.68. The van der Waals surface area contributed by atoms with Crippen LogP contribution in [0, 0.1) is 13.8 Å². The molecule has 2 N–H and O–H groups in total. The van der Waals surface area contributed by atoms with Gasteiger partial charge in [-0.25, -0.2) is 0 Å². The lowest BCUT2D eigenvalue weighted by atomic mass is 9.95. The van der Waals surface area contributed by atoms with Crippen LogP contribution in [0.4, 0.5) is 0 Å². The Morgan fingerprint density at radius 2 is 2.00 bits per heavy atom. The lowest BCUT2D eigenvalue weighted by Crippen LogP contribution is -2.12. The third kappa shape index (κ3) is 5.25. The van der Waals surface area contributed by atoms with Crippen LogP contribution in [-0.4, -0.2) is 12.6 Å². The highest BCUT2D eigenvalue weighted by atomic mass is 79.9. The Balaban J connectivity index is 2.45. The van der Waals surface area contributed by atoms with E-state index < -0.39 is 0 Å². The Bertz CT molecular complexity index is 460. The summed E-state index contributed by atoms with van der Waals surface area (Å²) in [6.07, 6.45) is 3.15. The van der Waals surface area contributed by atoms with Crippen molar-refractivity contribution in [3.05, 3.63) is 33.3 Å². The average molecular weight is 342 g/mol. The van der Waals surface area contributed by atoms with Crippen LogP contribution < -0.4 is 5.73 Å². The van der Waals surface area contributed by atoms with Gasteiger partial charge in [-0.05, 0) is 56.4 Å². The van der Waals surface area contributed by atoms with Crippen molar-refractivity contribution in [1.82, 2.24) is 0 Å². The summed E-state index contributed by atoms with van der Waals surface area (Å²) >= 11 is 3.53. The third-order valence-electron chi connectivity index (χ3n) is 3.40. The number of aryl methyl sites for hydroxylation is 2. The molecule has 1 atom stereocenters. The van der Waals surface area contributed by atoms with Gasteiger partial charge in [0.05, 0.1) is 6.61 Å². The topological polar surface area (TPSA) is 52.3 Å². The molecule has 1 aromatic rings. The van der Waals surface area contributed by atoms with E-state index in [4.69, 9.17) is 10.5 Å². The maximum absolute atomic E-state index is 11.2. The van der Waals surface area contributed by atoms with Crippen molar-refractivity contribution in [2.75, 3.05) is 6.61 Å². The van der Waals surface area contributed by atoms with Gasteiger partial charge in [0.2, 0.25) is 0 Å². The van der Waals surface area contributed by atoms with Crippen molar-refractivity contribution in [1.29, 1.82) is 0 Å². The molecule has 0 aliphatic rings. The first-order valence-electron chi connectivity index (χ1n) is 7.13. The largest absolute Gasteiger partial charge is 0.466 e. The standard InChI is InChI=1S/C16H24BrNO2/c1-4-20-16(19)8-6-5-7-15(18)13-9-12(3)14(17)10-11(13)2/h9-10,15H,4-8,18H2,1-3H3. The van der Waals surface area contributed by atoms with E-state index in [2.05, 4.69) is 41.9 Å². The van der Waals surface area contributed by atoms with Gasteiger partial charge in [0.15, 0.2) is 0 Å². The minimum absolute atomic E-state index is 0.0315. The van der Waals surface area contributed by atoms with Crippen LogP contribution in [-0.2, 0) is 9.53 Å². The van der Waals surface area contributed by atoms with E-state index in [0.717, 1.165) is 23.7 Å². The smallest absolute Gasteiger partial charge is 0.305 e. The SMILES string of the molecule is CCOC(=O)CCCCC(N)c1cc(C)c(Br)cc1C. The summed E-state index contributed by atoms with van der Waals surface area (Å²) in [7, 11) is 0. The van der Waals surface area contributed by atoms with Gasteiger partial charge in [0, 0.05) is 16.9 Å². The summed E-state index contributed by atoms with van der Waals surface area (Å²) in [6, 6.07) is 4.29. The third-order valence-corrected chi connectivity index (χ3v) is 4.25. The van der Waals surface area contributed by atoms with E-state index in [1.54, 1.807) is 0 Å². The van der Waals surface area contributed by atoms with Gasteiger partial charge in [0.1, 0.15) is 0 Å². The first-order valence-corrected chi connectivity index (χ1v) is 7.92. The molecular formula is C16H24BrNO2. The molecule has 1 unspecified atom stereocenters. The Kier molecular flexibility index (Phi) is 7.24. The van der Waals surface area contributed by atoms with Crippen LogP contribution in [0.25, 0.3) is 0 Å². The lowest BCUT2D eigenvalue weighted by Gasteiger charge is -2.16. The van der Waals surface area contributed by atoms with Gasteiger partial charge >= 0.3 is 5.97 Å². The summed E-state index contributed by atoms with van der Waals surface area (Å²) in [5.41, 5.74) is 9.87. The molecule has 0 amide bonds. The second-order valence-corrected chi connectivity index (χ2v) is 5.97. The highest BCUT2D eigenvalue weighted by Crippen LogP contribution is 2.26. The maximum atomic E-state index is 11.2. The van der Waals surface area contributed by atoms with E-state index in [0.29, 0.717) is 13.0 Å². The minimum Gasteiger partial charge on any atom is -0.466 e. The van der Waals surface area contributed by atoms with Crippen molar-refractivity contribution in [3.63, 3.8) is 0 Å². The molecule has 4 heteroatoms. The van der Waals surface area contributed by atoms with Gasteiger partial charge in [-0.1, -0.05) is 28.4 Å². The molecule has 112 valence electrons. The van der Waals surface area contributed by atoms with Crippen molar-refractivity contribution in [2.24, 2.45) is 5.73 Å². The number of hydrogen-bond acceptors (Lipinski definition) is 3. The summed E-state index contributed by atoms with van der Waals surface area (Å²) < 4.78 is 6.02. The van der Waals surface area contributed by atoms with Crippen LogP contribution in [0.3, 0.4) is 0 Å². The Labute approximate surface area is 130 Å². The average Bonchev–Trinajstić information content (AvgIpc) is 2.39. The van der Waals surface area contributed by atoms with Gasteiger partial charge < -0.3 is 10.5 Å². The van der Waals surface area contributed by atoms with Crippen molar-refractivity contribution in [2.45, 2.75) is 52.5 Å². The summed E-state index contributed by atoms with van der Waals surface area (Å²) in [4.78, 5) is 11.2. The molecule has 1 aromatic carbocycles. The molecule has 1 rings (SSSR count). The zero-order valence-corrected chi connectivity index (χ0v) is 14.1. The van der Waals surface area contributed by atoms with Crippen molar-refractivity contribution < 1.29 is 9.53 Å². The number of ether oxygens (including phenoxy) is 1. The number of hydrogen-bond donors (Lipinski definition) is 1. The number of halogens is 1. The van der Waals surface area contributed by atoms with Gasteiger partial charge in [-0.3, -0.25) is 4.79 Å². The van der Waals surface area contributed by atoms with Crippen molar-refractivity contribution >= 4 is 21.9 Å². The Morgan fingerprint density at radius 1 is 1.30 bits per heavy atom. The van der Waals surface area contributed by atoms with E-state index in [1.165, 1.54) is 16.7 Å². The monoisotopic (exact) mass is 341 g/mol. The second kappa shape index (κ2) is 8.42. The Hall–Kier alpha value is -0.870. The maximum Gasteiger partial charge on any atom is 0.305 e. The number of unbranched alkanes of at least 4 members (excludes halogenated alkanes) is 1. The predicted octanol–water partition coefficient (Wildman–Crippen LogP) is 4.19. The molecule has 0 aliphatic heterocycles. The second-order valence-electron chi connectivity index (χ2n) is 5.12. The fourth-order valence-electron chi connectivity index (χ4n) is 2.23. The lowest BCUT2D eigenvalue weighted by molar-refractivity contribution is -0.143. The molecule has 3 nitrogen and oxygen atoms in total. The molecule has 0 radical (unpaired) electrons. The summed E-state index contributed by atoms with van der Waals surface area (Å²) in [5, 5.41) is 0. The van der Waals surface area contributed by atoms with E-state index in [-0.39, 0.29) is 12.0 Å². The van der Waals surface area contributed by atoms with Crippen LogP contribution in [0.1, 0.15) is 55.3 Å². The molecule has 0 aliphatic carbocycles. The van der Waals surface area contributed by atoms with Gasteiger partial charge in [-0.2, -0.15) is 0 Å². The highest BCUT2D eigenvalue weighted by molar-refractivity contribution is 9.10. The number of nitrogens with two attached hydrogens (primary N) is 1. The zero-order valence-electron chi connectivity index (χ0n) is 12.5. The normalized spacial score (nSPS) is 12.2. The number of esters is 1. The molecule has 0 saturated heterocycles. The van der Waals surface area contributed by atoms with E-state index >= 15 is 0 Å². The zero-order chi connectivity index (χ0) is 15.1. The van der Waals surface area contributed by atoms with Crippen LogP contribution in [0.2, 0.25) is 0 Å². The molecule has 0 spiro atoms. The molecular weight excluding hydrogens is 318 g/mol. The molecule has 0 fully saturated rings. The first kappa shape index (κ1) is 17.2. The molecule has 0 aromatic heterocycles. The highest BCUT2D eigenvalue weighted by Gasteiger charge is 2.11. The number of carbonyl (C=O) groups is 1.